The van der Waals surface area contributed by atoms with E-state index in [1.165, 1.54) is 0 Å². The van der Waals surface area contributed by atoms with Crippen molar-refractivity contribution in [3.8, 4) is 0 Å². The highest BCUT2D eigenvalue weighted by molar-refractivity contribution is 5.66. The largest absolute Gasteiger partial charge is 0.481 e. The van der Waals surface area contributed by atoms with Crippen LogP contribution in [0.5, 0.6) is 0 Å². The fourth-order valence-corrected chi connectivity index (χ4v) is 1.91. The molecule has 23 heavy (non-hydrogen) atoms. The van der Waals surface area contributed by atoms with E-state index in [1.54, 1.807) is 0 Å². The molecule has 1 unspecified atom stereocenters. The minimum absolute atomic E-state index is 0.161. The molecule has 0 saturated carbocycles. The van der Waals surface area contributed by atoms with E-state index in [2.05, 4.69) is 42.5 Å². The smallest absolute Gasteiger partial charge is 0.303 e. The molecule has 3 nitrogen and oxygen atoms in total. The van der Waals surface area contributed by atoms with Gasteiger partial charge in [0.1, 0.15) is 0 Å². The molecule has 0 bridgehead atoms. The zero-order valence-corrected chi connectivity index (χ0v) is 14.4. The van der Waals surface area contributed by atoms with Crippen molar-refractivity contribution in [3.05, 3.63) is 48.6 Å². The van der Waals surface area contributed by atoms with Gasteiger partial charge in [-0.1, -0.05) is 55.5 Å². The molecule has 0 rings (SSSR count). The molecule has 130 valence electrons. The number of hydrogen-bond acceptors (Lipinski definition) is 2. The third kappa shape index (κ3) is 18.3. The second kappa shape index (κ2) is 16.8. The van der Waals surface area contributed by atoms with Gasteiger partial charge in [0.25, 0.3) is 0 Å². The van der Waals surface area contributed by atoms with Crippen LogP contribution in [0.3, 0.4) is 0 Å². The Morgan fingerprint density at radius 1 is 0.870 bits per heavy atom. The number of carboxylic acids is 1. The van der Waals surface area contributed by atoms with Gasteiger partial charge in [-0.15, -0.1) is 0 Å². The van der Waals surface area contributed by atoms with Gasteiger partial charge >= 0.3 is 5.97 Å². The van der Waals surface area contributed by atoms with Gasteiger partial charge in [0.05, 0.1) is 6.10 Å². The average molecular weight is 320 g/mol. The third-order valence-corrected chi connectivity index (χ3v) is 3.38. The summed E-state index contributed by atoms with van der Waals surface area (Å²) < 4.78 is 0. The minimum Gasteiger partial charge on any atom is -0.481 e. The molecule has 0 fully saturated rings. The van der Waals surface area contributed by atoms with Gasteiger partial charge in [-0.05, 0) is 51.4 Å². The molecule has 0 spiro atoms. The molecule has 0 aromatic heterocycles. The van der Waals surface area contributed by atoms with Crippen LogP contribution in [0.15, 0.2) is 48.6 Å². The van der Waals surface area contributed by atoms with Gasteiger partial charge in [-0.3, -0.25) is 4.79 Å². The Kier molecular flexibility index (Phi) is 15.6. The van der Waals surface area contributed by atoms with Crippen LogP contribution in [0.25, 0.3) is 0 Å². The van der Waals surface area contributed by atoms with Crippen LogP contribution in [0.1, 0.15) is 64.7 Å². The number of aliphatic carboxylic acids is 1. The lowest BCUT2D eigenvalue weighted by molar-refractivity contribution is -0.137. The monoisotopic (exact) mass is 320 g/mol. The summed E-state index contributed by atoms with van der Waals surface area (Å²) in [5.74, 6) is -0.724. The highest BCUT2D eigenvalue weighted by Gasteiger charge is 1.96. The van der Waals surface area contributed by atoms with Gasteiger partial charge < -0.3 is 10.2 Å². The molecule has 1 atom stereocenters. The maximum Gasteiger partial charge on any atom is 0.303 e. The van der Waals surface area contributed by atoms with E-state index < -0.39 is 5.97 Å². The van der Waals surface area contributed by atoms with Crippen molar-refractivity contribution in [1.82, 2.24) is 0 Å². The van der Waals surface area contributed by atoms with Gasteiger partial charge in [-0.25, -0.2) is 0 Å². The number of aliphatic hydroxyl groups excluding tert-OH is 1. The van der Waals surface area contributed by atoms with E-state index in [4.69, 9.17) is 5.11 Å². The zero-order valence-electron chi connectivity index (χ0n) is 14.4. The lowest BCUT2D eigenvalue weighted by Gasteiger charge is -2.03. The van der Waals surface area contributed by atoms with Crippen molar-refractivity contribution in [2.45, 2.75) is 70.8 Å². The summed E-state index contributed by atoms with van der Waals surface area (Å²) in [4.78, 5) is 10.3. The maximum atomic E-state index is 10.3. The van der Waals surface area contributed by atoms with Gasteiger partial charge in [0.15, 0.2) is 0 Å². The van der Waals surface area contributed by atoms with E-state index in [9.17, 15) is 9.90 Å². The number of hydrogen-bond donors (Lipinski definition) is 2. The summed E-state index contributed by atoms with van der Waals surface area (Å²) in [6.45, 7) is 2.00. The van der Waals surface area contributed by atoms with E-state index in [1.807, 2.05) is 13.0 Å². The van der Waals surface area contributed by atoms with Crippen molar-refractivity contribution in [1.29, 1.82) is 0 Å². The van der Waals surface area contributed by atoms with Crippen LogP contribution >= 0.6 is 0 Å². The van der Waals surface area contributed by atoms with Crippen molar-refractivity contribution < 1.29 is 15.0 Å². The highest BCUT2D eigenvalue weighted by Crippen LogP contribution is 2.02. The number of allylic oxidation sites excluding steroid dienone is 8. The molecule has 0 aliphatic carbocycles. The van der Waals surface area contributed by atoms with Crippen molar-refractivity contribution in [2.75, 3.05) is 0 Å². The molecule has 0 saturated heterocycles. The van der Waals surface area contributed by atoms with Crippen LogP contribution in [0.2, 0.25) is 0 Å². The molecule has 0 aromatic rings. The fourth-order valence-electron chi connectivity index (χ4n) is 1.91. The molecular weight excluding hydrogens is 288 g/mol. The van der Waals surface area contributed by atoms with Crippen LogP contribution in [0, 0.1) is 0 Å². The quantitative estimate of drug-likeness (QED) is 0.342. The summed E-state index contributed by atoms with van der Waals surface area (Å²) in [7, 11) is 0. The van der Waals surface area contributed by atoms with Crippen LogP contribution in [-0.2, 0) is 4.79 Å². The second-order valence-electron chi connectivity index (χ2n) is 5.52. The molecule has 3 heteroatoms. The number of unbranched alkanes of at least 4 members (excludes halogenated alkanes) is 1. The summed E-state index contributed by atoms with van der Waals surface area (Å²) in [5.41, 5.74) is 0. The molecule has 0 amide bonds. The lowest BCUT2D eigenvalue weighted by atomic mass is 10.1. The number of rotatable bonds is 14. The van der Waals surface area contributed by atoms with Gasteiger partial charge in [0, 0.05) is 6.42 Å². The number of aliphatic hydroxyl groups is 1. The van der Waals surface area contributed by atoms with Gasteiger partial charge in [0.2, 0.25) is 0 Å². The third-order valence-electron chi connectivity index (χ3n) is 3.38. The summed E-state index contributed by atoms with van der Waals surface area (Å²) >= 11 is 0. The van der Waals surface area contributed by atoms with E-state index in [-0.39, 0.29) is 12.5 Å². The molecule has 0 heterocycles. The first-order valence-electron chi connectivity index (χ1n) is 8.66. The maximum absolute atomic E-state index is 10.3. The zero-order chi connectivity index (χ0) is 17.2. The van der Waals surface area contributed by atoms with E-state index in [0.717, 1.165) is 44.9 Å². The first-order chi connectivity index (χ1) is 11.2. The first kappa shape index (κ1) is 21.4. The highest BCUT2D eigenvalue weighted by atomic mass is 16.4. The Bertz CT molecular complexity index is 392. The Balaban J connectivity index is 3.46. The van der Waals surface area contributed by atoms with Crippen LogP contribution < -0.4 is 0 Å². The molecule has 0 radical (unpaired) electrons. The molecule has 2 N–H and O–H groups in total. The number of carboxylic acid groups (broad SMARTS) is 1. The predicted octanol–water partition coefficient (Wildman–Crippen LogP) is 5.19. The average Bonchev–Trinajstić information content (AvgIpc) is 2.53. The normalized spacial score (nSPS) is 13.8. The molecule has 0 aromatic carbocycles. The van der Waals surface area contributed by atoms with Crippen molar-refractivity contribution in [3.63, 3.8) is 0 Å². The van der Waals surface area contributed by atoms with Crippen LogP contribution in [0.4, 0.5) is 0 Å². The second-order valence-corrected chi connectivity index (χ2v) is 5.52. The van der Waals surface area contributed by atoms with Crippen molar-refractivity contribution in [2.24, 2.45) is 0 Å². The topological polar surface area (TPSA) is 57.5 Å². The fraction of sp³-hybridized carbons (Fsp3) is 0.550. The Labute approximate surface area is 141 Å². The Hall–Kier alpha value is -1.61. The van der Waals surface area contributed by atoms with Gasteiger partial charge in [-0.2, -0.15) is 0 Å². The molecule has 0 aliphatic heterocycles. The standard InChI is InChI=1S/C20H32O3/c1-2-19(21)17-15-13-11-9-7-5-3-4-6-8-10-12-14-16-18-20(22)23/h4-7,10-13,19,21H,2-3,8-9,14-18H2,1H3,(H,22,23)/b6-4?,7-5?,12-10-,13-11?. The van der Waals surface area contributed by atoms with E-state index >= 15 is 0 Å². The summed E-state index contributed by atoms with van der Waals surface area (Å²) in [6, 6.07) is 0. The predicted molar refractivity (Wildman–Crippen MR) is 97.4 cm³/mol. The number of carbonyl (C=O) groups is 1. The molecule has 0 aliphatic rings. The minimum atomic E-state index is -0.724. The Morgan fingerprint density at radius 2 is 1.35 bits per heavy atom. The van der Waals surface area contributed by atoms with E-state index in [0.29, 0.717) is 6.42 Å². The summed E-state index contributed by atoms with van der Waals surface area (Å²) in [5, 5.41) is 17.9. The SMILES string of the molecule is CCC(O)CCC=CCC=CCC=CC/C=C\CCCC(=O)O. The first-order valence-corrected chi connectivity index (χ1v) is 8.66. The molecular formula is C20H32O3. The summed E-state index contributed by atoms with van der Waals surface area (Å²) in [6.07, 6.45) is 24.0. The van der Waals surface area contributed by atoms with Crippen molar-refractivity contribution >= 4 is 5.97 Å². The lowest BCUT2D eigenvalue weighted by Crippen LogP contribution is -2.02. The van der Waals surface area contributed by atoms with Crippen LogP contribution in [-0.4, -0.2) is 22.3 Å². The Morgan fingerprint density at radius 3 is 1.83 bits per heavy atom.